The fraction of sp³-hybridized carbons (Fsp3) is 0.320. The second-order valence-electron chi connectivity index (χ2n) is 7.93. The van der Waals surface area contributed by atoms with Gasteiger partial charge < -0.3 is 29.4 Å². The molecule has 2 heterocycles. The topological polar surface area (TPSA) is 82.1 Å². The molecule has 2 N–H and O–H groups in total. The zero-order chi connectivity index (χ0) is 22.8. The van der Waals surface area contributed by atoms with Gasteiger partial charge in [-0.05, 0) is 53.3 Å². The summed E-state index contributed by atoms with van der Waals surface area (Å²) in [6, 6.07) is 14.1. The summed E-state index contributed by atoms with van der Waals surface area (Å²) >= 11 is 6.51. The van der Waals surface area contributed by atoms with E-state index >= 15 is 0 Å². The maximum Gasteiger partial charge on any atom is 0.236 e. The zero-order valence-corrected chi connectivity index (χ0v) is 19.0. The molecule has 0 radical (unpaired) electrons. The van der Waals surface area contributed by atoms with Gasteiger partial charge in [-0.15, -0.1) is 0 Å². The van der Waals surface area contributed by atoms with Crippen molar-refractivity contribution >= 4 is 11.6 Å². The van der Waals surface area contributed by atoms with Gasteiger partial charge in [0.2, 0.25) is 18.6 Å². The molecule has 2 aliphatic rings. The lowest BCUT2D eigenvalue weighted by Gasteiger charge is -2.18. The number of hydrogen-bond acceptors (Lipinski definition) is 7. The van der Waals surface area contributed by atoms with E-state index in [1.54, 1.807) is 13.2 Å². The van der Waals surface area contributed by atoms with E-state index in [1.165, 1.54) is 11.1 Å². The van der Waals surface area contributed by atoms with Crippen LogP contribution in [0.3, 0.4) is 0 Å². The normalized spacial score (nSPS) is 16.0. The largest absolute Gasteiger partial charge is 0.481 e. The van der Waals surface area contributed by atoms with Crippen LogP contribution in [0.15, 0.2) is 42.5 Å². The maximum absolute atomic E-state index is 8.98. The third-order valence-corrected chi connectivity index (χ3v) is 6.20. The lowest BCUT2D eigenvalue weighted by Crippen LogP contribution is -2.18. The monoisotopic (exact) mass is 468 g/mol. The highest BCUT2D eigenvalue weighted by molar-refractivity contribution is 6.31. The van der Waals surface area contributed by atoms with E-state index in [2.05, 4.69) is 28.5 Å². The van der Waals surface area contributed by atoms with Gasteiger partial charge in [-0.25, -0.2) is 0 Å². The minimum Gasteiger partial charge on any atom is -0.481 e. The number of methoxy groups -OCH3 is 1. The fourth-order valence-corrected chi connectivity index (χ4v) is 4.61. The Bertz CT molecular complexity index is 1170. The molecule has 0 unspecified atom stereocenters. The second kappa shape index (κ2) is 9.47. The van der Waals surface area contributed by atoms with Gasteiger partial charge in [0.25, 0.3) is 0 Å². The maximum atomic E-state index is 8.98. The Kier molecular flexibility index (Phi) is 6.26. The van der Waals surface area contributed by atoms with Crippen LogP contribution in [-0.2, 0) is 13.0 Å². The second-order valence-corrected chi connectivity index (χ2v) is 8.34. The Labute approximate surface area is 197 Å². The van der Waals surface area contributed by atoms with Gasteiger partial charge in [-0.1, -0.05) is 35.9 Å². The number of aliphatic hydroxyl groups is 1. The summed E-state index contributed by atoms with van der Waals surface area (Å²) in [7, 11) is 1.57. The van der Waals surface area contributed by atoms with Gasteiger partial charge >= 0.3 is 0 Å². The van der Waals surface area contributed by atoms with E-state index in [4.69, 9.17) is 35.7 Å². The van der Waals surface area contributed by atoms with E-state index in [0.29, 0.717) is 29.9 Å². The molecule has 0 spiro atoms. The Balaban J connectivity index is 1.40. The van der Waals surface area contributed by atoms with E-state index in [9.17, 15) is 0 Å². The first kappa shape index (κ1) is 21.8. The highest BCUT2D eigenvalue weighted by Crippen LogP contribution is 2.43. The smallest absolute Gasteiger partial charge is 0.236 e. The summed E-state index contributed by atoms with van der Waals surface area (Å²) in [6.07, 6.45) is 1.57. The minimum absolute atomic E-state index is 0.0556. The molecule has 0 amide bonds. The van der Waals surface area contributed by atoms with Gasteiger partial charge in [0, 0.05) is 18.7 Å². The van der Waals surface area contributed by atoms with Crippen LogP contribution in [0.5, 0.6) is 23.3 Å². The van der Waals surface area contributed by atoms with Crippen molar-refractivity contribution in [2.24, 2.45) is 0 Å². The summed E-state index contributed by atoms with van der Waals surface area (Å²) in [4.78, 5) is 4.52. The number of halogens is 1. The van der Waals surface area contributed by atoms with Crippen molar-refractivity contribution < 1.29 is 24.1 Å². The van der Waals surface area contributed by atoms with Gasteiger partial charge in [0.1, 0.15) is 11.1 Å². The molecule has 1 aliphatic carbocycles. The molecule has 1 aromatic heterocycles. The Morgan fingerprint density at radius 2 is 2.03 bits per heavy atom. The quantitative estimate of drug-likeness (QED) is 0.477. The molecule has 33 heavy (non-hydrogen) atoms. The predicted octanol–water partition coefficient (Wildman–Crippen LogP) is 4.29. The van der Waals surface area contributed by atoms with Crippen molar-refractivity contribution in [1.29, 1.82) is 0 Å². The van der Waals surface area contributed by atoms with Crippen LogP contribution in [-0.4, -0.2) is 37.1 Å². The Morgan fingerprint density at radius 3 is 2.88 bits per heavy atom. The molecule has 0 saturated carbocycles. The number of pyridine rings is 1. The molecule has 5 rings (SSSR count). The average Bonchev–Trinajstić information content (AvgIpc) is 3.47. The van der Waals surface area contributed by atoms with Gasteiger partial charge in [0.15, 0.2) is 11.5 Å². The summed E-state index contributed by atoms with van der Waals surface area (Å²) in [5.74, 6) is 2.35. The number of benzene rings is 2. The average molecular weight is 469 g/mol. The molecule has 1 atom stereocenters. The third kappa shape index (κ3) is 4.31. The van der Waals surface area contributed by atoms with E-state index in [-0.39, 0.29) is 19.5 Å². The molecule has 0 bridgehead atoms. The number of rotatable bonds is 8. The van der Waals surface area contributed by atoms with Gasteiger partial charge in [-0.2, -0.15) is 4.98 Å². The molecule has 7 nitrogen and oxygen atoms in total. The zero-order valence-electron chi connectivity index (χ0n) is 18.3. The first-order chi connectivity index (χ1) is 16.2. The van der Waals surface area contributed by atoms with Crippen LogP contribution in [0.1, 0.15) is 29.2 Å². The van der Waals surface area contributed by atoms with Crippen LogP contribution >= 0.6 is 11.6 Å². The molecule has 1 aliphatic heterocycles. The summed E-state index contributed by atoms with van der Waals surface area (Å²) in [5, 5.41) is 12.5. The SMILES string of the molecule is COc1nc(O[C@H]2CCc3c(-c4ccc5c(c4)OCO5)cccc32)c(Cl)cc1CNCCO. The molecule has 0 saturated heterocycles. The Morgan fingerprint density at radius 1 is 1.15 bits per heavy atom. The lowest BCUT2D eigenvalue weighted by atomic mass is 9.96. The number of aliphatic hydroxyl groups excluding tert-OH is 1. The predicted molar refractivity (Wildman–Crippen MR) is 124 cm³/mol. The number of hydrogen-bond donors (Lipinski definition) is 2. The molecular weight excluding hydrogens is 444 g/mol. The summed E-state index contributed by atoms with van der Waals surface area (Å²) in [5.41, 5.74) is 5.46. The van der Waals surface area contributed by atoms with E-state index in [1.807, 2.05) is 18.2 Å². The van der Waals surface area contributed by atoms with Crippen molar-refractivity contribution in [3.63, 3.8) is 0 Å². The van der Waals surface area contributed by atoms with Gasteiger partial charge in [0.05, 0.1) is 13.7 Å². The standard InChI is InChI=1S/C25H25ClN2O5/c1-30-24-16(13-27-9-10-29)11-20(26)25(28-24)33-21-8-6-18-17(3-2-4-19(18)21)15-5-7-22-23(12-15)32-14-31-22/h2-5,7,11-12,21,27,29H,6,8-10,13-14H2,1H3/t21-/m0/s1. The first-order valence-corrected chi connectivity index (χ1v) is 11.3. The molecule has 8 heteroatoms. The summed E-state index contributed by atoms with van der Waals surface area (Å²) < 4.78 is 22.7. The van der Waals surface area contributed by atoms with Crippen LogP contribution in [0.25, 0.3) is 11.1 Å². The van der Waals surface area contributed by atoms with Crippen molar-refractivity contribution in [2.45, 2.75) is 25.5 Å². The van der Waals surface area contributed by atoms with Gasteiger partial charge in [-0.3, -0.25) is 0 Å². The van der Waals surface area contributed by atoms with Crippen LogP contribution < -0.4 is 24.3 Å². The molecule has 0 fully saturated rings. The highest BCUT2D eigenvalue weighted by Gasteiger charge is 2.28. The van der Waals surface area contributed by atoms with Crippen molar-refractivity contribution in [2.75, 3.05) is 27.1 Å². The van der Waals surface area contributed by atoms with Crippen molar-refractivity contribution in [3.8, 4) is 34.4 Å². The number of fused-ring (bicyclic) bond motifs is 2. The number of ether oxygens (including phenoxy) is 4. The first-order valence-electron chi connectivity index (χ1n) is 10.9. The lowest BCUT2D eigenvalue weighted by molar-refractivity contribution is 0.174. The van der Waals surface area contributed by atoms with E-state index in [0.717, 1.165) is 41.0 Å². The Hall–Kier alpha value is -3.00. The van der Waals surface area contributed by atoms with Crippen molar-refractivity contribution in [3.05, 3.63) is 64.2 Å². The molecule has 172 valence electrons. The van der Waals surface area contributed by atoms with Crippen LogP contribution in [0.4, 0.5) is 0 Å². The molecule has 2 aromatic carbocycles. The van der Waals surface area contributed by atoms with Crippen LogP contribution in [0.2, 0.25) is 5.02 Å². The van der Waals surface area contributed by atoms with Crippen molar-refractivity contribution in [1.82, 2.24) is 10.3 Å². The third-order valence-electron chi connectivity index (χ3n) is 5.93. The highest BCUT2D eigenvalue weighted by atomic mass is 35.5. The summed E-state index contributed by atoms with van der Waals surface area (Å²) in [6.45, 7) is 1.28. The minimum atomic E-state index is -0.151. The fourth-order valence-electron chi connectivity index (χ4n) is 4.39. The number of nitrogens with zero attached hydrogens (tertiary/aromatic N) is 1. The number of nitrogens with one attached hydrogen (secondary N) is 1. The number of aromatic nitrogens is 1. The van der Waals surface area contributed by atoms with Crippen LogP contribution in [0, 0.1) is 0 Å². The molecular formula is C25H25ClN2O5. The molecule has 3 aromatic rings. The van der Waals surface area contributed by atoms with E-state index < -0.39 is 0 Å².